The molecule has 8 nitrogen and oxygen atoms in total. The van der Waals surface area contributed by atoms with Crippen molar-refractivity contribution < 1.29 is 19.6 Å². The summed E-state index contributed by atoms with van der Waals surface area (Å²) < 4.78 is -0.0792. The fourth-order valence-electron chi connectivity index (χ4n) is 3.25. The third kappa shape index (κ3) is 5.51. The standard InChI is InChI=1S/C16H28N4O4S2/c1-11(17)15(23)20-10-16(25-7-8-26-16)9-12(20)14(22)18-6-4-2-3-5-13(21)19-24/h11-12,24H,2-10,17H2,1H3,(H,18,22)(H,19,21)/t11-,12-/m0/s1. The zero-order chi connectivity index (χ0) is 19.2. The van der Waals surface area contributed by atoms with Crippen molar-refractivity contribution in [2.24, 2.45) is 5.73 Å². The van der Waals surface area contributed by atoms with E-state index in [9.17, 15) is 14.4 Å². The van der Waals surface area contributed by atoms with Gasteiger partial charge in [0.2, 0.25) is 17.7 Å². The highest BCUT2D eigenvalue weighted by atomic mass is 32.2. The van der Waals surface area contributed by atoms with Gasteiger partial charge in [0.1, 0.15) is 6.04 Å². The van der Waals surface area contributed by atoms with Crippen LogP contribution in [-0.2, 0) is 14.4 Å². The van der Waals surface area contributed by atoms with Crippen LogP contribution in [0.1, 0.15) is 39.0 Å². The lowest BCUT2D eigenvalue weighted by atomic mass is 10.1. The lowest BCUT2D eigenvalue weighted by Crippen LogP contribution is -2.50. The van der Waals surface area contributed by atoms with E-state index < -0.39 is 18.0 Å². The second-order valence-electron chi connectivity index (χ2n) is 6.72. The van der Waals surface area contributed by atoms with Gasteiger partial charge in [-0.1, -0.05) is 6.42 Å². The van der Waals surface area contributed by atoms with E-state index in [1.54, 1.807) is 17.3 Å². The number of amides is 3. The van der Waals surface area contributed by atoms with Crippen molar-refractivity contribution in [1.29, 1.82) is 0 Å². The Balaban J connectivity index is 1.82. The Bertz CT molecular complexity index is 526. The lowest BCUT2D eigenvalue weighted by Gasteiger charge is -2.25. The average Bonchev–Trinajstić information content (AvgIpc) is 3.24. The van der Waals surface area contributed by atoms with E-state index in [0.717, 1.165) is 24.3 Å². The third-order valence-electron chi connectivity index (χ3n) is 4.59. The molecule has 5 N–H and O–H groups in total. The van der Waals surface area contributed by atoms with Crippen molar-refractivity contribution in [2.75, 3.05) is 24.6 Å². The zero-order valence-corrected chi connectivity index (χ0v) is 16.7. The number of nitrogens with one attached hydrogen (secondary N) is 2. The molecule has 26 heavy (non-hydrogen) atoms. The summed E-state index contributed by atoms with van der Waals surface area (Å²) >= 11 is 3.67. The molecule has 1 spiro atoms. The molecule has 0 aromatic heterocycles. The average molecular weight is 405 g/mol. The van der Waals surface area contributed by atoms with Crippen LogP contribution in [0.4, 0.5) is 0 Å². The van der Waals surface area contributed by atoms with E-state index in [0.29, 0.717) is 25.9 Å². The van der Waals surface area contributed by atoms with Gasteiger partial charge < -0.3 is 16.0 Å². The maximum atomic E-state index is 12.6. The molecule has 2 saturated heterocycles. The molecule has 2 aliphatic heterocycles. The molecule has 0 aromatic carbocycles. The van der Waals surface area contributed by atoms with Crippen molar-refractivity contribution in [3.05, 3.63) is 0 Å². The third-order valence-corrected chi connectivity index (χ3v) is 8.01. The van der Waals surface area contributed by atoms with Crippen LogP contribution >= 0.6 is 23.5 Å². The van der Waals surface area contributed by atoms with Crippen LogP contribution < -0.4 is 16.5 Å². The summed E-state index contributed by atoms with van der Waals surface area (Å²) in [6.07, 6.45) is 3.09. The molecular formula is C16H28N4O4S2. The monoisotopic (exact) mass is 404 g/mol. The van der Waals surface area contributed by atoms with Crippen LogP contribution in [0, 0.1) is 0 Å². The number of hydrogen-bond acceptors (Lipinski definition) is 7. The predicted octanol–water partition coefficient (Wildman–Crippen LogP) is 0.293. The van der Waals surface area contributed by atoms with Crippen LogP contribution in [0.5, 0.6) is 0 Å². The van der Waals surface area contributed by atoms with Crippen molar-refractivity contribution in [2.45, 2.75) is 55.2 Å². The highest BCUT2D eigenvalue weighted by Gasteiger charge is 2.51. The molecule has 0 bridgehead atoms. The first-order chi connectivity index (χ1) is 12.4. The van der Waals surface area contributed by atoms with Gasteiger partial charge in [-0.2, -0.15) is 0 Å². The van der Waals surface area contributed by atoms with Gasteiger partial charge in [-0.3, -0.25) is 19.6 Å². The van der Waals surface area contributed by atoms with Crippen molar-refractivity contribution in [1.82, 2.24) is 15.7 Å². The van der Waals surface area contributed by atoms with Gasteiger partial charge in [0.15, 0.2) is 0 Å². The number of nitrogens with two attached hydrogens (primary N) is 1. The molecule has 10 heteroatoms. The number of hydrogen-bond donors (Lipinski definition) is 4. The lowest BCUT2D eigenvalue weighted by molar-refractivity contribution is -0.139. The smallest absolute Gasteiger partial charge is 0.243 e. The largest absolute Gasteiger partial charge is 0.354 e. The van der Waals surface area contributed by atoms with Gasteiger partial charge in [0.05, 0.1) is 10.1 Å². The molecule has 148 valence electrons. The summed E-state index contributed by atoms with van der Waals surface area (Å²) in [5.41, 5.74) is 7.37. The van der Waals surface area contributed by atoms with Gasteiger partial charge in [0.25, 0.3) is 0 Å². The fourth-order valence-corrected chi connectivity index (χ4v) is 6.50. The molecule has 2 fully saturated rings. The topological polar surface area (TPSA) is 125 Å². The fraction of sp³-hybridized carbons (Fsp3) is 0.812. The van der Waals surface area contributed by atoms with E-state index in [1.807, 2.05) is 23.5 Å². The summed E-state index contributed by atoms with van der Waals surface area (Å²) in [6.45, 7) is 2.72. The molecule has 3 amide bonds. The molecule has 0 saturated carbocycles. The normalized spacial score (nSPS) is 22.4. The number of carbonyl (C=O) groups is 3. The second-order valence-corrected chi connectivity index (χ2v) is 9.93. The van der Waals surface area contributed by atoms with E-state index in [1.165, 1.54) is 0 Å². The Morgan fingerprint density at radius 3 is 2.58 bits per heavy atom. The Morgan fingerprint density at radius 2 is 1.96 bits per heavy atom. The van der Waals surface area contributed by atoms with Crippen molar-refractivity contribution in [3.8, 4) is 0 Å². The maximum absolute atomic E-state index is 12.6. The molecule has 2 atom stereocenters. The molecule has 0 aromatic rings. The first-order valence-corrected chi connectivity index (χ1v) is 10.9. The zero-order valence-electron chi connectivity index (χ0n) is 15.0. The molecule has 2 aliphatic rings. The quantitative estimate of drug-likeness (QED) is 0.260. The predicted molar refractivity (Wildman–Crippen MR) is 103 cm³/mol. The Hall–Kier alpha value is -0.970. The van der Waals surface area contributed by atoms with Gasteiger partial charge in [0, 0.05) is 37.4 Å². The molecule has 0 unspecified atom stereocenters. The minimum absolute atomic E-state index is 0.0792. The second kappa shape index (κ2) is 9.82. The number of likely N-dealkylation sites (tertiary alicyclic amines) is 1. The molecule has 0 aliphatic carbocycles. The number of carbonyl (C=O) groups excluding carboxylic acids is 3. The van der Waals surface area contributed by atoms with Crippen LogP contribution in [-0.4, -0.2) is 68.6 Å². The van der Waals surface area contributed by atoms with E-state index in [-0.39, 0.29) is 22.3 Å². The highest BCUT2D eigenvalue weighted by Crippen LogP contribution is 2.51. The number of thioether (sulfide) groups is 2. The summed E-state index contributed by atoms with van der Waals surface area (Å²) in [4.78, 5) is 37.7. The summed E-state index contributed by atoms with van der Waals surface area (Å²) in [7, 11) is 0. The minimum Gasteiger partial charge on any atom is -0.354 e. The SMILES string of the molecule is C[C@H](N)C(=O)N1CC2(C[C@H]1C(=O)NCCCCCC(=O)NO)SCCS2. The summed E-state index contributed by atoms with van der Waals surface area (Å²) in [5, 5.41) is 11.3. The molecule has 2 rings (SSSR count). The van der Waals surface area contributed by atoms with Gasteiger partial charge in [-0.05, 0) is 19.8 Å². The van der Waals surface area contributed by atoms with E-state index >= 15 is 0 Å². The number of nitrogens with zero attached hydrogens (tertiary/aromatic N) is 1. The van der Waals surface area contributed by atoms with E-state index in [2.05, 4.69) is 5.32 Å². The Kier molecular flexibility index (Phi) is 8.05. The van der Waals surface area contributed by atoms with Crippen LogP contribution in [0.2, 0.25) is 0 Å². The first-order valence-electron chi connectivity index (χ1n) is 8.93. The number of rotatable bonds is 8. The van der Waals surface area contributed by atoms with Gasteiger partial charge in [-0.15, -0.1) is 23.5 Å². The number of unbranched alkanes of at least 4 members (excludes halogenated alkanes) is 2. The van der Waals surface area contributed by atoms with Gasteiger partial charge in [-0.25, -0.2) is 5.48 Å². The molecular weight excluding hydrogens is 376 g/mol. The first kappa shape index (κ1) is 21.3. The van der Waals surface area contributed by atoms with Crippen LogP contribution in [0.3, 0.4) is 0 Å². The van der Waals surface area contributed by atoms with E-state index in [4.69, 9.17) is 10.9 Å². The Labute approximate surface area is 162 Å². The van der Waals surface area contributed by atoms with Crippen molar-refractivity contribution in [3.63, 3.8) is 0 Å². The van der Waals surface area contributed by atoms with Crippen molar-refractivity contribution >= 4 is 41.2 Å². The molecule has 0 radical (unpaired) electrons. The summed E-state index contributed by atoms with van der Waals surface area (Å²) in [5.74, 6) is 1.38. The minimum atomic E-state index is -0.616. The van der Waals surface area contributed by atoms with Crippen LogP contribution in [0.15, 0.2) is 0 Å². The van der Waals surface area contributed by atoms with Gasteiger partial charge >= 0.3 is 0 Å². The highest BCUT2D eigenvalue weighted by molar-refractivity contribution is 8.21. The van der Waals surface area contributed by atoms with Crippen LogP contribution in [0.25, 0.3) is 0 Å². The number of hydroxylamine groups is 1. The Morgan fingerprint density at radius 1 is 1.27 bits per heavy atom. The summed E-state index contributed by atoms with van der Waals surface area (Å²) in [6, 6.07) is -1.08. The maximum Gasteiger partial charge on any atom is 0.243 e. The molecule has 2 heterocycles.